The van der Waals surface area contributed by atoms with Gasteiger partial charge in [-0.1, -0.05) is 38.1 Å². The summed E-state index contributed by atoms with van der Waals surface area (Å²) in [4.78, 5) is 25.9. The molecule has 0 amide bonds. The van der Waals surface area contributed by atoms with E-state index in [9.17, 15) is 9.59 Å². The van der Waals surface area contributed by atoms with Crippen molar-refractivity contribution in [2.75, 3.05) is 21.3 Å². The number of hydrogen-bond donors (Lipinski definition) is 0. The van der Waals surface area contributed by atoms with Crippen LogP contribution >= 0.6 is 0 Å². The average molecular weight is 501 g/mol. The highest BCUT2D eigenvalue weighted by atomic mass is 16.5. The number of ether oxygens (including phenoxy) is 5. The van der Waals surface area contributed by atoms with E-state index in [0.717, 1.165) is 5.56 Å². The number of allylic oxidation sites excluding steroid dienone is 1. The van der Waals surface area contributed by atoms with Gasteiger partial charge >= 0.3 is 5.97 Å². The van der Waals surface area contributed by atoms with Crippen molar-refractivity contribution in [3.05, 3.63) is 82.1 Å². The van der Waals surface area contributed by atoms with Gasteiger partial charge in [-0.15, -0.1) is 0 Å². The van der Waals surface area contributed by atoms with Crippen LogP contribution in [0.3, 0.4) is 0 Å². The highest BCUT2D eigenvalue weighted by molar-refractivity contribution is 6.15. The van der Waals surface area contributed by atoms with Crippen LogP contribution in [0.4, 0.5) is 0 Å². The zero-order valence-electron chi connectivity index (χ0n) is 21.4. The van der Waals surface area contributed by atoms with Crippen molar-refractivity contribution in [1.82, 2.24) is 0 Å². The third kappa shape index (κ3) is 4.31. The van der Waals surface area contributed by atoms with E-state index in [0.29, 0.717) is 51.4 Å². The second-order valence-corrected chi connectivity index (χ2v) is 9.30. The summed E-state index contributed by atoms with van der Waals surface area (Å²) in [6.07, 6.45) is 1.78. The van der Waals surface area contributed by atoms with Crippen LogP contribution in [0.1, 0.15) is 64.7 Å². The first kappa shape index (κ1) is 24.4. The number of methoxy groups -OCH3 is 3. The Bertz CT molecular complexity index is 1420. The van der Waals surface area contributed by atoms with E-state index >= 15 is 0 Å². The quantitative estimate of drug-likeness (QED) is 0.237. The van der Waals surface area contributed by atoms with Gasteiger partial charge in [0.2, 0.25) is 5.78 Å². The van der Waals surface area contributed by atoms with Crippen molar-refractivity contribution >= 4 is 17.8 Å². The fourth-order valence-corrected chi connectivity index (χ4v) is 4.81. The topological polar surface area (TPSA) is 80.3 Å². The predicted octanol–water partition coefficient (Wildman–Crippen LogP) is 5.89. The molecular formula is C30H28O7. The summed E-state index contributed by atoms with van der Waals surface area (Å²) >= 11 is 0. The van der Waals surface area contributed by atoms with Crippen LogP contribution in [0.5, 0.6) is 28.7 Å². The summed E-state index contributed by atoms with van der Waals surface area (Å²) in [6, 6.07) is 14.9. The molecule has 7 nitrogen and oxygen atoms in total. The molecule has 7 heteroatoms. The summed E-state index contributed by atoms with van der Waals surface area (Å²) in [6.45, 7) is 4.27. The van der Waals surface area contributed by atoms with E-state index in [1.54, 1.807) is 37.5 Å². The first-order chi connectivity index (χ1) is 17.8. The van der Waals surface area contributed by atoms with Crippen LogP contribution in [0.25, 0.3) is 6.08 Å². The van der Waals surface area contributed by atoms with E-state index in [1.165, 1.54) is 19.8 Å². The van der Waals surface area contributed by atoms with Gasteiger partial charge in [0.05, 0.1) is 33.3 Å². The molecule has 0 spiro atoms. The third-order valence-electron chi connectivity index (χ3n) is 6.81. The van der Waals surface area contributed by atoms with Gasteiger partial charge in [-0.3, -0.25) is 9.59 Å². The van der Waals surface area contributed by atoms with Gasteiger partial charge in [0.15, 0.2) is 17.3 Å². The molecule has 2 aliphatic rings. The van der Waals surface area contributed by atoms with Crippen molar-refractivity contribution in [2.24, 2.45) is 0 Å². The number of benzene rings is 3. The summed E-state index contributed by atoms with van der Waals surface area (Å²) in [7, 11) is 4.61. The fourth-order valence-electron chi connectivity index (χ4n) is 4.81. The van der Waals surface area contributed by atoms with Crippen molar-refractivity contribution < 1.29 is 33.3 Å². The Balaban J connectivity index is 1.58. The van der Waals surface area contributed by atoms with Gasteiger partial charge in [0, 0.05) is 23.1 Å². The number of fused-ring (bicyclic) bond motifs is 3. The Kier molecular flexibility index (Phi) is 6.38. The maximum atomic E-state index is 13.4. The van der Waals surface area contributed by atoms with E-state index < -0.39 is 0 Å². The molecule has 0 N–H and O–H groups in total. The van der Waals surface area contributed by atoms with Crippen LogP contribution < -0.4 is 23.7 Å². The third-order valence-corrected chi connectivity index (χ3v) is 6.81. The molecule has 3 aromatic rings. The molecule has 1 atom stereocenters. The minimum atomic E-state index is -0.319. The molecule has 2 heterocycles. The second-order valence-electron chi connectivity index (χ2n) is 9.30. The molecule has 37 heavy (non-hydrogen) atoms. The van der Waals surface area contributed by atoms with E-state index in [2.05, 4.69) is 26.0 Å². The summed E-state index contributed by atoms with van der Waals surface area (Å²) in [5.74, 6) is 1.97. The zero-order chi connectivity index (χ0) is 26.3. The molecule has 3 aromatic carbocycles. The highest BCUT2D eigenvalue weighted by Gasteiger charge is 2.38. The molecule has 0 fully saturated rings. The van der Waals surface area contributed by atoms with Gasteiger partial charge in [-0.05, 0) is 41.3 Å². The maximum Gasteiger partial charge on any atom is 0.312 e. The number of esters is 1. The van der Waals surface area contributed by atoms with Crippen molar-refractivity contribution in [3.8, 4) is 28.7 Å². The van der Waals surface area contributed by atoms with E-state index in [4.69, 9.17) is 23.7 Å². The summed E-state index contributed by atoms with van der Waals surface area (Å²) < 4.78 is 28.0. The van der Waals surface area contributed by atoms with Crippen molar-refractivity contribution in [2.45, 2.75) is 32.1 Å². The SMILES string of the molecule is COc1cc(OC)c(OC)cc1/C=C1\Oc2c(ccc3c2C(c2ccc(C(C)C)cc2)CC(=O)O3)C1=O. The molecule has 0 aromatic heterocycles. The molecule has 2 aliphatic heterocycles. The van der Waals surface area contributed by atoms with Crippen LogP contribution in [0, 0.1) is 0 Å². The first-order valence-corrected chi connectivity index (χ1v) is 12.1. The standard InChI is InChI=1S/C30H28O7/c1-16(2)17-6-8-18(9-7-17)21-14-27(31)36-22-11-10-20-29(32)26(37-30(20)28(21)22)13-19-12-24(34-4)25(35-5)15-23(19)33-3/h6-13,15-16,21H,14H2,1-5H3/b26-13-. The lowest BCUT2D eigenvalue weighted by Gasteiger charge is -2.26. The normalized spacial score (nSPS) is 17.2. The number of rotatable bonds is 6. The largest absolute Gasteiger partial charge is 0.496 e. The number of Topliss-reactive ketones (excluding diaryl/α,β-unsaturated/α-hetero) is 1. The van der Waals surface area contributed by atoms with Crippen LogP contribution in [0.2, 0.25) is 0 Å². The minimum absolute atomic E-state index is 0.139. The van der Waals surface area contributed by atoms with Gasteiger partial charge in [0.1, 0.15) is 17.2 Å². The molecule has 0 saturated carbocycles. The smallest absolute Gasteiger partial charge is 0.312 e. The molecule has 0 aliphatic carbocycles. The van der Waals surface area contributed by atoms with E-state index in [1.807, 2.05) is 12.1 Å². The number of carbonyl (C=O) groups excluding carboxylic acids is 2. The van der Waals surface area contributed by atoms with Gasteiger partial charge in [-0.2, -0.15) is 0 Å². The summed E-state index contributed by atoms with van der Waals surface area (Å²) in [5, 5.41) is 0. The zero-order valence-corrected chi connectivity index (χ0v) is 21.4. The van der Waals surface area contributed by atoms with E-state index in [-0.39, 0.29) is 29.9 Å². The molecule has 0 radical (unpaired) electrons. The van der Waals surface area contributed by atoms with Gasteiger partial charge in [0.25, 0.3) is 0 Å². The van der Waals surface area contributed by atoms with Gasteiger partial charge < -0.3 is 23.7 Å². The number of carbonyl (C=O) groups is 2. The Morgan fingerprint density at radius 3 is 2.19 bits per heavy atom. The Hall–Kier alpha value is -4.26. The maximum absolute atomic E-state index is 13.4. The monoisotopic (exact) mass is 500 g/mol. The van der Waals surface area contributed by atoms with Gasteiger partial charge in [-0.25, -0.2) is 0 Å². The highest BCUT2D eigenvalue weighted by Crippen LogP contribution is 2.49. The molecule has 1 unspecified atom stereocenters. The van der Waals surface area contributed by atoms with Crippen molar-refractivity contribution in [1.29, 1.82) is 0 Å². The van der Waals surface area contributed by atoms with Crippen LogP contribution in [-0.4, -0.2) is 33.1 Å². The molecule has 5 rings (SSSR count). The summed E-state index contributed by atoms with van der Waals surface area (Å²) in [5.41, 5.74) is 3.89. The molecular weight excluding hydrogens is 472 g/mol. The molecule has 190 valence electrons. The number of hydrogen-bond acceptors (Lipinski definition) is 7. The fraction of sp³-hybridized carbons (Fsp3) is 0.267. The first-order valence-electron chi connectivity index (χ1n) is 12.1. The molecule has 0 bridgehead atoms. The lowest BCUT2D eigenvalue weighted by Crippen LogP contribution is -2.21. The average Bonchev–Trinajstić information content (AvgIpc) is 3.22. The minimum Gasteiger partial charge on any atom is -0.496 e. The lowest BCUT2D eigenvalue weighted by molar-refractivity contribution is -0.135. The Morgan fingerprint density at radius 1 is 0.865 bits per heavy atom. The second kappa shape index (κ2) is 9.65. The Labute approximate surface area is 215 Å². The van der Waals surface area contributed by atoms with Crippen molar-refractivity contribution in [3.63, 3.8) is 0 Å². The van der Waals surface area contributed by atoms with Crippen LogP contribution in [-0.2, 0) is 4.79 Å². The molecule has 0 saturated heterocycles. The Morgan fingerprint density at radius 2 is 1.54 bits per heavy atom. The number of ketones is 1. The van der Waals surface area contributed by atoms with Crippen LogP contribution in [0.15, 0.2) is 54.3 Å². The lowest BCUT2D eigenvalue weighted by atomic mass is 9.84. The predicted molar refractivity (Wildman–Crippen MR) is 138 cm³/mol.